The predicted octanol–water partition coefficient (Wildman–Crippen LogP) is 3.34. The fraction of sp³-hybridized carbons (Fsp3) is 0.550. The number of hydrogen-bond donors (Lipinski definition) is 0. The highest BCUT2D eigenvalue weighted by Crippen LogP contribution is 2.23. The molecule has 2 aliphatic heterocycles. The number of carbonyl (C=O) groups is 1. The van der Waals surface area contributed by atoms with Crippen LogP contribution in [0.1, 0.15) is 42.5 Å². The van der Waals surface area contributed by atoms with E-state index in [4.69, 9.17) is 4.74 Å². The van der Waals surface area contributed by atoms with Crippen LogP contribution >= 0.6 is 0 Å². The van der Waals surface area contributed by atoms with Crippen molar-refractivity contribution in [3.05, 3.63) is 42.5 Å². The van der Waals surface area contributed by atoms with Gasteiger partial charge in [0.1, 0.15) is 5.75 Å². The van der Waals surface area contributed by atoms with Crippen molar-refractivity contribution in [1.29, 1.82) is 0 Å². The van der Waals surface area contributed by atoms with Crippen LogP contribution < -0.4 is 4.74 Å². The molecular formula is C20H28N2O2. The average molecular weight is 328 g/mol. The lowest BCUT2D eigenvalue weighted by molar-refractivity contribution is 0.0708. The molecule has 0 aliphatic carbocycles. The summed E-state index contributed by atoms with van der Waals surface area (Å²) < 4.78 is 5.61. The Kier molecular flexibility index (Phi) is 5.91. The molecule has 0 saturated carbocycles. The summed E-state index contributed by atoms with van der Waals surface area (Å²) in [5.41, 5.74) is 0.763. The maximum absolute atomic E-state index is 12.9. The van der Waals surface area contributed by atoms with E-state index in [1.54, 1.807) is 0 Å². The highest BCUT2D eigenvalue weighted by Gasteiger charge is 2.31. The van der Waals surface area contributed by atoms with Gasteiger partial charge in [0.25, 0.3) is 5.91 Å². The summed E-state index contributed by atoms with van der Waals surface area (Å²) in [7, 11) is 0. The summed E-state index contributed by atoms with van der Waals surface area (Å²) >= 11 is 0. The minimum atomic E-state index is 0.161. The monoisotopic (exact) mass is 328 g/mol. The maximum atomic E-state index is 12.9. The van der Waals surface area contributed by atoms with E-state index in [0.29, 0.717) is 12.6 Å². The van der Waals surface area contributed by atoms with Gasteiger partial charge in [-0.3, -0.25) is 4.79 Å². The second-order valence-electron chi connectivity index (χ2n) is 6.75. The first-order valence-electron chi connectivity index (χ1n) is 9.15. The van der Waals surface area contributed by atoms with E-state index < -0.39 is 0 Å². The minimum Gasteiger partial charge on any atom is -0.493 e. The Morgan fingerprint density at radius 1 is 1.17 bits per heavy atom. The molecule has 4 nitrogen and oxygen atoms in total. The second-order valence-corrected chi connectivity index (χ2v) is 6.75. The zero-order valence-corrected chi connectivity index (χ0v) is 14.5. The molecule has 0 bridgehead atoms. The second kappa shape index (κ2) is 8.34. The smallest absolute Gasteiger partial charge is 0.254 e. The van der Waals surface area contributed by atoms with Crippen molar-refractivity contribution in [1.82, 2.24) is 9.80 Å². The fourth-order valence-corrected chi connectivity index (χ4v) is 3.68. The van der Waals surface area contributed by atoms with Gasteiger partial charge in [0.15, 0.2) is 0 Å². The quantitative estimate of drug-likeness (QED) is 0.568. The molecule has 0 unspecified atom stereocenters. The van der Waals surface area contributed by atoms with Crippen LogP contribution in [0.3, 0.4) is 0 Å². The van der Waals surface area contributed by atoms with Gasteiger partial charge in [-0.25, -0.2) is 0 Å². The van der Waals surface area contributed by atoms with Gasteiger partial charge in [-0.2, -0.15) is 0 Å². The Balaban J connectivity index is 1.58. The molecule has 0 spiro atoms. The van der Waals surface area contributed by atoms with Crippen molar-refractivity contribution in [2.75, 3.05) is 32.8 Å². The lowest BCUT2D eigenvalue weighted by Gasteiger charge is -2.28. The molecule has 2 fully saturated rings. The third kappa shape index (κ3) is 4.18. The lowest BCUT2D eigenvalue weighted by atomic mass is 10.1. The van der Waals surface area contributed by atoms with E-state index in [0.717, 1.165) is 43.7 Å². The molecule has 130 valence electrons. The zero-order valence-electron chi connectivity index (χ0n) is 14.5. The third-order valence-corrected chi connectivity index (χ3v) is 5.00. The maximum Gasteiger partial charge on any atom is 0.254 e. The summed E-state index contributed by atoms with van der Waals surface area (Å²) in [6.45, 7) is 8.61. The summed E-state index contributed by atoms with van der Waals surface area (Å²) in [5, 5.41) is 0. The number of likely N-dealkylation sites (tertiary alicyclic amines) is 2. The van der Waals surface area contributed by atoms with Crippen LogP contribution in [0.15, 0.2) is 36.9 Å². The third-order valence-electron chi connectivity index (χ3n) is 5.00. The van der Waals surface area contributed by atoms with Crippen molar-refractivity contribution >= 4 is 5.91 Å². The van der Waals surface area contributed by atoms with Gasteiger partial charge in [0.05, 0.1) is 6.61 Å². The molecule has 0 N–H and O–H groups in total. The Bertz CT molecular complexity index is 549. The van der Waals surface area contributed by atoms with Gasteiger partial charge in [-0.05, 0) is 69.5 Å². The number of ether oxygens (including phenoxy) is 1. The van der Waals surface area contributed by atoms with E-state index in [2.05, 4.69) is 16.4 Å². The number of benzene rings is 1. The fourth-order valence-electron chi connectivity index (χ4n) is 3.68. The molecule has 1 atom stereocenters. The topological polar surface area (TPSA) is 32.8 Å². The summed E-state index contributed by atoms with van der Waals surface area (Å²) in [6, 6.07) is 7.93. The molecule has 24 heavy (non-hydrogen) atoms. The molecule has 0 radical (unpaired) electrons. The standard InChI is InChI=1S/C20H28N2O2/c1-2-3-15-24-19-10-8-17(9-11-19)20(23)22-14-6-7-18(22)16-21-12-4-5-13-21/h2,8-11,18H,1,3-7,12-16H2/t18-/m0/s1. The Morgan fingerprint density at radius 2 is 1.92 bits per heavy atom. The molecule has 0 aromatic heterocycles. The van der Waals surface area contributed by atoms with Crippen LogP contribution in [0.4, 0.5) is 0 Å². The number of nitrogens with zero attached hydrogens (tertiary/aromatic N) is 2. The highest BCUT2D eigenvalue weighted by atomic mass is 16.5. The lowest BCUT2D eigenvalue weighted by Crippen LogP contribution is -2.42. The van der Waals surface area contributed by atoms with E-state index in [-0.39, 0.29) is 5.91 Å². The number of carbonyl (C=O) groups excluding carboxylic acids is 1. The SMILES string of the molecule is C=CCCOc1ccc(C(=O)N2CCC[C@H]2CN2CCCC2)cc1. The normalized spacial score (nSPS) is 21.2. The van der Waals surface area contributed by atoms with E-state index >= 15 is 0 Å². The van der Waals surface area contributed by atoms with Crippen LogP contribution in [0.25, 0.3) is 0 Å². The van der Waals surface area contributed by atoms with Crippen molar-refractivity contribution in [2.24, 2.45) is 0 Å². The van der Waals surface area contributed by atoms with Crippen LogP contribution in [-0.4, -0.2) is 54.5 Å². The van der Waals surface area contributed by atoms with Crippen LogP contribution in [-0.2, 0) is 0 Å². The first-order valence-corrected chi connectivity index (χ1v) is 9.15. The van der Waals surface area contributed by atoms with Crippen molar-refractivity contribution < 1.29 is 9.53 Å². The largest absolute Gasteiger partial charge is 0.493 e. The zero-order chi connectivity index (χ0) is 16.8. The molecule has 1 aromatic carbocycles. The van der Waals surface area contributed by atoms with Crippen molar-refractivity contribution in [2.45, 2.75) is 38.1 Å². The Morgan fingerprint density at radius 3 is 2.62 bits per heavy atom. The number of rotatable bonds is 7. The molecular weight excluding hydrogens is 300 g/mol. The first kappa shape index (κ1) is 17.0. The van der Waals surface area contributed by atoms with Gasteiger partial charge < -0.3 is 14.5 Å². The van der Waals surface area contributed by atoms with Gasteiger partial charge in [-0.15, -0.1) is 6.58 Å². The van der Waals surface area contributed by atoms with Crippen LogP contribution in [0, 0.1) is 0 Å². The van der Waals surface area contributed by atoms with Gasteiger partial charge in [0.2, 0.25) is 0 Å². The molecule has 2 saturated heterocycles. The van der Waals surface area contributed by atoms with Gasteiger partial charge >= 0.3 is 0 Å². The summed E-state index contributed by atoms with van der Waals surface area (Å²) in [5.74, 6) is 0.970. The number of amides is 1. The molecule has 1 amide bonds. The van der Waals surface area contributed by atoms with E-state index in [1.165, 1.54) is 25.9 Å². The first-order chi connectivity index (χ1) is 11.8. The number of hydrogen-bond acceptors (Lipinski definition) is 3. The molecule has 1 aromatic rings. The Labute approximate surface area is 145 Å². The van der Waals surface area contributed by atoms with Crippen LogP contribution in [0.2, 0.25) is 0 Å². The average Bonchev–Trinajstić information content (AvgIpc) is 3.27. The van der Waals surface area contributed by atoms with Crippen molar-refractivity contribution in [3.8, 4) is 5.75 Å². The summed E-state index contributed by atoms with van der Waals surface area (Å²) in [4.78, 5) is 17.4. The Hall–Kier alpha value is -1.81. The molecule has 2 heterocycles. The predicted molar refractivity (Wildman–Crippen MR) is 96.5 cm³/mol. The highest BCUT2D eigenvalue weighted by molar-refractivity contribution is 5.94. The van der Waals surface area contributed by atoms with E-state index in [1.807, 2.05) is 30.3 Å². The van der Waals surface area contributed by atoms with E-state index in [9.17, 15) is 4.79 Å². The molecule has 2 aliphatic rings. The minimum absolute atomic E-state index is 0.161. The van der Waals surface area contributed by atoms with Crippen molar-refractivity contribution in [3.63, 3.8) is 0 Å². The molecule has 4 heteroatoms. The summed E-state index contributed by atoms with van der Waals surface area (Å²) in [6.07, 6.45) is 7.51. The van der Waals surface area contributed by atoms with Gasteiger partial charge in [0, 0.05) is 24.7 Å². The van der Waals surface area contributed by atoms with Crippen LogP contribution in [0.5, 0.6) is 5.75 Å². The molecule has 3 rings (SSSR count). The van der Waals surface area contributed by atoms with Gasteiger partial charge in [-0.1, -0.05) is 6.08 Å².